The first kappa shape index (κ1) is 26.6. The molecule has 5 aromatic rings. The largest absolute Gasteiger partial charge is 0.304 e. The summed E-state index contributed by atoms with van der Waals surface area (Å²) in [6.07, 6.45) is 6.57. The van der Waals surface area contributed by atoms with Crippen molar-refractivity contribution in [3.8, 4) is 33.8 Å². The molecule has 0 unspecified atom stereocenters. The minimum atomic E-state index is 0. The van der Waals surface area contributed by atoms with E-state index in [1.807, 2.05) is 48.9 Å². The molecule has 1 aliphatic rings. The third-order valence-corrected chi connectivity index (χ3v) is 6.84. The van der Waals surface area contributed by atoms with Gasteiger partial charge in [0.25, 0.3) is 0 Å². The predicted octanol–water partition coefficient (Wildman–Crippen LogP) is 7.67. The molecule has 0 N–H and O–H groups in total. The fourth-order valence-corrected chi connectivity index (χ4v) is 4.75. The normalized spacial score (nSPS) is 12.4. The van der Waals surface area contributed by atoms with E-state index in [4.69, 9.17) is 0 Å². The van der Waals surface area contributed by atoms with Gasteiger partial charge < -0.3 is 4.98 Å². The van der Waals surface area contributed by atoms with Crippen LogP contribution in [0.1, 0.15) is 43.0 Å². The van der Waals surface area contributed by atoms with Crippen LogP contribution in [-0.2, 0) is 31.9 Å². The van der Waals surface area contributed by atoms with E-state index in [9.17, 15) is 0 Å². The molecule has 6 rings (SSSR count). The maximum atomic E-state index is 4.50. The molecule has 3 nitrogen and oxygen atoms in total. The molecule has 0 atom stereocenters. The quantitative estimate of drug-likeness (QED) is 0.187. The van der Waals surface area contributed by atoms with Gasteiger partial charge >= 0.3 is 0 Å². The number of hydrogen-bond donors (Lipinski definition) is 0. The fourth-order valence-electron chi connectivity index (χ4n) is 4.75. The third kappa shape index (κ3) is 5.32. The van der Waals surface area contributed by atoms with Crippen LogP contribution in [0, 0.1) is 19.1 Å². The SMILES string of the molecule is CCc1cnc(-c2[c-]cc3c(c2)-c2ccccc2C3(C)C)nc1.Cc1cccnc1-c1[c-]cccc1.[Ir]. The minimum Gasteiger partial charge on any atom is -0.304 e. The summed E-state index contributed by atoms with van der Waals surface area (Å²) in [5, 5.41) is 0. The molecule has 0 bridgehead atoms. The smallest absolute Gasteiger partial charge is 0.0748 e. The van der Waals surface area contributed by atoms with Gasteiger partial charge in [0.15, 0.2) is 0 Å². The molecule has 187 valence electrons. The van der Waals surface area contributed by atoms with Crippen molar-refractivity contribution in [2.45, 2.75) is 39.5 Å². The van der Waals surface area contributed by atoms with Crippen LogP contribution in [0.15, 0.2) is 91.4 Å². The second kappa shape index (κ2) is 11.3. The van der Waals surface area contributed by atoms with Gasteiger partial charge in [-0.1, -0.05) is 62.2 Å². The van der Waals surface area contributed by atoms with Crippen LogP contribution in [0.5, 0.6) is 0 Å². The van der Waals surface area contributed by atoms with E-state index in [1.165, 1.54) is 27.8 Å². The Morgan fingerprint density at radius 1 is 0.784 bits per heavy atom. The Hall–Kier alpha value is -3.46. The zero-order valence-electron chi connectivity index (χ0n) is 21.5. The number of pyridine rings is 1. The van der Waals surface area contributed by atoms with Crippen molar-refractivity contribution >= 4 is 0 Å². The van der Waals surface area contributed by atoms with Gasteiger partial charge in [-0.05, 0) is 47.2 Å². The van der Waals surface area contributed by atoms with E-state index >= 15 is 0 Å². The molecule has 0 fully saturated rings. The summed E-state index contributed by atoms with van der Waals surface area (Å²) in [5.74, 6) is 0.743. The van der Waals surface area contributed by atoms with Gasteiger partial charge in [-0.3, -0.25) is 9.97 Å². The van der Waals surface area contributed by atoms with E-state index < -0.39 is 0 Å². The number of nitrogens with zero attached hydrogens (tertiary/aromatic N) is 3. The Balaban J connectivity index is 0.000000195. The first-order chi connectivity index (χ1) is 17.5. The number of aryl methyl sites for hydroxylation is 2. The summed E-state index contributed by atoms with van der Waals surface area (Å²) in [6.45, 7) is 8.72. The van der Waals surface area contributed by atoms with E-state index in [0.29, 0.717) is 0 Å². The van der Waals surface area contributed by atoms with Gasteiger partial charge in [-0.15, -0.1) is 65.2 Å². The predicted molar refractivity (Wildman–Crippen MR) is 146 cm³/mol. The molecule has 2 aromatic heterocycles. The van der Waals surface area contributed by atoms with Crippen LogP contribution < -0.4 is 0 Å². The Morgan fingerprint density at radius 3 is 2.24 bits per heavy atom. The molecule has 0 aliphatic heterocycles. The van der Waals surface area contributed by atoms with E-state index in [2.05, 4.69) is 97.2 Å². The van der Waals surface area contributed by atoms with Crippen molar-refractivity contribution in [1.82, 2.24) is 15.0 Å². The Morgan fingerprint density at radius 2 is 1.54 bits per heavy atom. The Kier molecular flexibility index (Phi) is 8.12. The first-order valence-electron chi connectivity index (χ1n) is 12.3. The van der Waals surface area contributed by atoms with Gasteiger partial charge in [0.1, 0.15) is 0 Å². The molecule has 2 heterocycles. The summed E-state index contributed by atoms with van der Waals surface area (Å²) in [4.78, 5) is 13.3. The summed E-state index contributed by atoms with van der Waals surface area (Å²) >= 11 is 0. The number of benzene rings is 3. The summed E-state index contributed by atoms with van der Waals surface area (Å²) in [7, 11) is 0. The summed E-state index contributed by atoms with van der Waals surface area (Å²) in [5.41, 5.74) is 10.7. The first-order valence-corrected chi connectivity index (χ1v) is 12.3. The van der Waals surface area contributed by atoms with Gasteiger partial charge in [0.2, 0.25) is 0 Å². The maximum Gasteiger partial charge on any atom is 0.0748 e. The van der Waals surface area contributed by atoms with Crippen LogP contribution in [0.25, 0.3) is 33.8 Å². The van der Waals surface area contributed by atoms with E-state index in [0.717, 1.165) is 34.6 Å². The molecule has 4 heteroatoms. The van der Waals surface area contributed by atoms with Crippen molar-refractivity contribution in [3.05, 3.63) is 126 Å². The molecule has 3 aromatic carbocycles. The zero-order chi connectivity index (χ0) is 25.1. The second-order valence-corrected chi connectivity index (χ2v) is 9.56. The topological polar surface area (TPSA) is 38.7 Å². The fraction of sp³-hybridized carbons (Fsp3) is 0.182. The standard InChI is InChI=1S/C21H19N2.C12H10N.Ir/c1-4-14-12-22-20(23-13-14)15-9-10-19-17(11-15)16-7-5-6-8-18(16)21(19,2)3;1-10-6-5-9-13-12(10)11-7-3-2-4-8-11;/h5-8,10-13H,4H2,1-3H3;2-7,9H,1H3;/q2*-1;. The van der Waals surface area contributed by atoms with Gasteiger partial charge in [-0.25, -0.2) is 0 Å². The van der Waals surface area contributed by atoms with Crippen LogP contribution in [0.3, 0.4) is 0 Å². The van der Waals surface area contributed by atoms with Crippen LogP contribution in [-0.4, -0.2) is 15.0 Å². The molecule has 0 spiro atoms. The molecule has 0 saturated carbocycles. The second-order valence-electron chi connectivity index (χ2n) is 9.56. The molecule has 37 heavy (non-hydrogen) atoms. The molecule has 1 radical (unpaired) electrons. The summed E-state index contributed by atoms with van der Waals surface area (Å²) < 4.78 is 0. The monoisotopic (exact) mass is 660 g/mol. The summed E-state index contributed by atoms with van der Waals surface area (Å²) in [6, 6.07) is 31.4. The molecule has 0 saturated heterocycles. The average Bonchev–Trinajstić information content (AvgIpc) is 3.16. The van der Waals surface area contributed by atoms with Gasteiger partial charge in [0, 0.05) is 38.7 Å². The molecular formula is C33H29IrN3-2. The van der Waals surface area contributed by atoms with Crippen LogP contribution >= 0.6 is 0 Å². The van der Waals surface area contributed by atoms with Crippen molar-refractivity contribution in [3.63, 3.8) is 0 Å². The van der Waals surface area contributed by atoms with E-state index in [1.54, 1.807) is 0 Å². The van der Waals surface area contributed by atoms with Gasteiger partial charge in [0.05, 0.1) is 5.82 Å². The molecular weight excluding hydrogens is 631 g/mol. The van der Waals surface area contributed by atoms with Crippen molar-refractivity contribution in [1.29, 1.82) is 0 Å². The van der Waals surface area contributed by atoms with Gasteiger partial charge in [-0.2, -0.15) is 0 Å². The van der Waals surface area contributed by atoms with Crippen LogP contribution in [0.4, 0.5) is 0 Å². The van der Waals surface area contributed by atoms with Crippen molar-refractivity contribution < 1.29 is 20.1 Å². The average molecular weight is 660 g/mol. The van der Waals surface area contributed by atoms with Crippen molar-refractivity contribution in [2.24, 2.45) is 0 Å². The zero-order valence-corrected chi connectivity index (χ0v) is 23.9. The Labute approximate surface area is 233 Å². The Bertz CT molecular complexity index is 1490. The van der Waals surface area contributed by atoms with Crippen molar-refractivity contribution in [2.75, 3.05) is 0 Å². The van der Waals surface area contributed by atoms with E-state index in [-0.39, 0.29) is 25.5 Å². The number of fused-ring (bicyclic) bond motifs is 3. The minimum absolute atomic E-state index is 0. The number of rotatable bonds is 3. The molecule has 0 amide bonds. The third-order valence-electron chi connectivity index (χ3n) is 6.84. The van der Waals surface area contributed by atoms with Crippen LogP contribution in [0.2, 0.25) is 0 Å². The maximum absolute atomic E-state index is 4.50. The molecule has 1 aliphatic carbocycles. The number of hydrogen-bond acceptors (Lipinski definition) is 3. The number of aromatic nitrogens is 3.